The van der Waals surface area contributed by atoms with E-state index in [9.17, 15) is 4.79 Å². The second-order valence-corrected chi connectivity index (χ2v) is 4.99. The molecule has 2 rings (SSSR count). The van der Waals surface area contributed by atoms with Crippen LogP contribution in [0.2, 0.25) is 0 Å². The second kappa shape index (κ2) is 6.19. The predicted molar refractivity (Wildman–Crippen MR) is 71.1 cm³/mol. The van der Waals surface area contributed by atoms with Crippen LogP contribution in [0.3, 0.4) is 0 Å². The summed E-state index contributed by atoms with van der Waals surface area (Å²) in [6.45, 7) is 8.64. The molecule has 2 aliphatic rings. The summed E-state index contributed by atoms with van der Waals surface area (Å²) in [7, 11) is 0. The van der Waals surface area contributed by atoms with Crippen LogP contribution in [-0.2, 0) is 4.79 Å². The van der Waals surface area contributed by atoms with Crippen molar-refractivity contribution in [3.05, 3.63) is 0 Å². The largest absolute Gasteiger partial charge is 0.344 e. The summed E-state index contributed by atoms with van der Waals surface area (Å²) >= 11 is 0. The normalized spacial score (nSPS) is 24.0. The molecule has 0 aliphatic carbocycles. The Balaban J connectivity index is 1.71. The van der Waals surface area contributed by atoms with Crippen molar-refractivity contribution < 1.29 is 4.79 Å². The highest BCUT2D eigenvalue weighted by atomic mass is 16.2. The fourth-order valence-electron chi connectivity index (χ4n) is 2.53. The maximum Gasteiger partial charge on any atom is 0.237 e. The summed E-state index contributed by atoms with van der Waals surface area (Å²) in [5.41, 5.74) is 0. The number of likely N-dealkylation sites (tertiary alicyclic amines) is 1. The lowest BCUT2D eigenvalue weighted by molar-refractivity contribution is -0.128. The standard InChI is InChI=1S/C13H22N4O/c1-3-4-15-13(18)11(2)17-9-12(10-17)16-7-5-14-6-8-16/h1,11-12,14H,4-10H2,2H3,(H,15,18). The third kappa shape index (κ3) is 3.02. The molecule has 0 saturated carbocycles. The van der Waals surface area contributed by atoms with Crippen molar-refractivity contribution >= 4 is 5.91 Å². The molecule has 5 heteroatoms. The van der Waals surface area contributed by atoms with Gasteiger partial charge >= 0.3 is 0 Å². The Morgan fingerprint density at radius 3 is 2.78 bits per heavy atom. The van der Waals surface area contributed by atoms with Gasteiger partial charge in [-0.1, -0.05) is 5.92 Å². The highest BCUT2D eigenvalue weighted by Gasteiger charge is 2.36. The molecule has 100 valence electrons. The topological polar surface area (TPSA) is 47.6 Å². The molecule has 0 aromatic carbocycles. The minimum absolute atomic E-state index is 0.0340. The van der Waals surface area contributed by atoms with Crippen LogP contribution in [0.1, 0.15) is 6.92 Å². The van der Waals surface area contributed by atoms with Crippen LogP contribution in [0.5, 0.6) is 0 Å². The Morgan fingerprint density at radius 2 is 2.17 bits per heavy atom. The first-order valence-corrected chi connectivity index (χ1v) is 6.62. The van der Waals surface area contributed by atoms with Crippen LogP contribution in [0.25, 0.3) is 0 Å². The first-order chi connectivity index (χ1) is 8.72. The molecule has 2 fully saturated rings. The predicted octanol–water partition coefficient (Wildman–Crippen LogP) is -1.29. The Bertz CT molecular complexity index is 326. The van der Waals surface area contributed by atoms with E-state index < -0.39 is 0 Å². The highest BCUT2D eigenvalue weighted by Crippen LogP contribution is 2.18. The first-order valence-electron chi connectivity index (χ1n) is 6.62. The van der Waals surface area contributed by atoms with Gasteiger partial charge in [0, 0.05) is 45.3 Å². The van der Waals surface area contributed by atoms with Crippen molar-refractivity contribution in [1.82, 2.24) is 20.4 Å². The van der Waals surface area contributed by atoms with E-state index in [1.165, 1.54) is 0 Å². The van der Waals surface area contributed by atoms with Crippen LogP contribution in [0, 0.1) is 12.3 Å². The summed E-state index contributed by atoms with van der Waals surface area (Å²) in [6, 6.07) is 0.549. The molecule has 2 saturated heterocycles. The summed E-state index contributed by atoms with van der Waals surface area (Å²) < 4.78 is 0. The number of piperazine rings is 1. The van der Waals surface area contributed by atoms with Crippen molar-refractivity contribution in [2.75, 3.05) is 45.8 Å². The Morgan fingerprint density at radius 1 is 1.50 bits per heavy atom. The van der Waals surface area contributed by atoms with Crippen LogP contribution in [-0.4, -0.2) is 73.6 Å². The summed E-state index contributed by atoms with van der Waals surface area (Å²) in [6.07, 6.45) is 5.13. The molecule has 0 radical (unpaired) electrons. The number of nitrogens with zero attached hydrogens (tertiary/aromatic N) is 2. The monoisotopic (exact) mass is 250 g/mol. The van der Waals surface area contributed by atoms with E-state index in [1.807, 2.05) is 6.92 Å². The van der Waals surface area contributed by atoms with E-state index in [1.54, 1.807) is 0 Å². The van der Waals surface area contributed by atoms with Gasteiger partial charge in [0.2, 0.25) is 5.91 Å². The van der Waals surface area contributed by atoms with E-state index in [0.29, 0.717) is 12.6 Å². The minimum Gasteiger partial charge on any atom is -0.344 e. The van der Waals surface area contributed by atoms with Crippen molar-refractivity contribution in [2.45, 2.75) is 19.0 Å². The molecule has 0 spiro atoms. The maximum absolute atomic E-state index is 11.7. The van der Waals surface area contributed by atoms with Crippen LogP contribution >= 0.6 is 0 Å². The average Bonchev–Trinajstić information content (AvgIpc) is 2.35. The van der Waals surface area contributed by atoms with Crippen molar-refractivity contribution in [3.8, 4) is 12.3 Å². The maximum atomic E-state index is 11.7. The SMILES string of the molecule is C#CCNC(=O)C(C)N1CC(N2CCNCC2)C1. The molecule has 5 nitrogen and oxygen atoms in total. The van der Waals surface area contributed by atoms with Gasteiger partial charge in [-0.2, -0.15) is 0 Å². The number of rotatable bonds is 4. The number of amides is 1. The molecular formula is C13H22N4O. The third-order valence-electron chi connectivity index (χ3n) is 3.85. The second-order valence-electron chi connectivity index (χ2n) is 4.99. The molecule has 2 N–H and O–H groups in total. The van der Waals surface area contributed by atoms with E-state index in [2.05, 4.69) is 26.4 Å². The molecule has 1 unspecified atom stereocenters. The molecule has 18 heavy (non-hydrogen) atoms. The molecule has 1 amide bonds. The zero-order chi connectivity index (χ0) is 13.0. The molecule has 2 heterocycles. The van der Waals surface area contributed by atoms with E-state index >= 15 is 0 Å². The Labute approximate surface area is 109 Å². The smallest absolute Gasteiger partial charge is 0.237 e. The lowest BCUT2D eigenvalue weighted by atomic mass is 10.0. The number of carbonyl (C=O) groups excluding carboxylic acids is 1. The van der Waals surface area contributed by atoms with Crippen molar-refractivity contribution in [2.24, 2.45) is 0 Å². The first kappa shape index (κ1) is 13.3. The highest BCUT2D eigenvalue weighted by molar-refractivity contribution is 5.81. The fourth-order valence-corrected chi connectivity index (χ4v) is 2.53. The van der Waals surface area contributed by atoms with Crippen LogP contribution in [0.4, 0.5) is 0 Å². The number of nitrogens with one attached hydrogen (secondary N) is 2. The van der Waals surface area contributed by atoms with Crippen LogP contribution < -0.4 is 10.6 Å². The van der Waals surface area contributed by atoms with Crippen molar-refractivity contribution in [3.63, 3.8) is 0 Å². The summed E-state index contributed by atoms with van der Waals surface area (Å²) in [4.78, 5) is 16.5. The van der Waals surface area contributed by atoms with Gasteiger partial charge in [-0.25, -0.2) is 0 Å². The van der Waals surface area contributed by atoms with Gasteiger partial charge in [0.05, 0.1) is 12.6 Å². The lowest BCUT2D eigenvalue weighted by Crippen LogP contribution is -2.66. The number of terminal acetylenes is 1. The summed E-state index contributed by atoms with van der Waals surface area (Å²) in [5.74, 6) is 2.46. The Hall–Kier alpha value is -1.09. The van der Waals surface area contributed by atoms with Gasteiger partial charge in [0.15, 0.2) is 0 Å². The average molecular weight is 250 g/mol. The van der Waals surface area contributed by atoms with E-state index in [4.69, 9.17) is 6.42 Å². The molecular weight excluding hydrogens is 228 g/mol. The lowest BCUT2D eigenvalue weighted by Gasteiger charge is -2.48. The quantitative estimate of drug-likeness (QED) is 0.610. The minimum atomic E-state index is -0.0717. The number of hydrogen-bond acceptors (Lipinski definition) is 4. The van der Waals surface area contributed by atoms with Gasteiger partial charge in [0.1, 0.15) is 0 Å². The third-order valence-corrected chi connectivity index (χ3v) is 3.85. The molecule has 0 aromatic rings. The van der Waals surface area contributed by atoms with E-state index in [0.717, 1.165) is 39.3 Å². The molecule has 0 aromatic heterocycles. The van der Waals surface area contributed by atoms with Gasteiger partial charge in [0.25, 0.3) is 0 Å². The van der Waals surface area contributed by atoms with Gasteiger partial charge in [-0.15, -0.1) is 6.42 Å². The van der Waals surface area contributed by atoms with Crippen molar-refractivity contribution in [1.29, 1.82) is 0 Å². The fraction of sp³-hybridized carbons (Fsp3) is 0.769. The zero-order valence-electron chi connectivity index (χ0n) is 11.0. The summed E-state index contributed by atoms with van der Waals surface area (Å²) in [5, 5.41) is 6.09. The number of hydrogen-bond donors (Lipinski definition) is 2. The molecule has 0 bridgehead atoms. The van der Waals surface area contributed by atoms with Gasteiger partial charge < -0.3 is 10.6 Å². The Kier molecular flexibility index (Phi) is 4.59. The zero-order valence-corrected chi connectivity index (χ0v) is 11.0. The molecule has 1 atom stereocenters. The van der Waals surface area contributed by atoms with Crippen LogP contribution in [0.15, 0.2) is 0 Å². The van der Waals surface area contributed by atoms with Gasteiger partial charge in [-0.05, 0) is 6.92 Å². The van der Waals surface area contributed by atoms with E-state index in [-0.39, 0.29) is 11.9 Å². The molecule has 2 aliphatic heterocycles. The van der Waals surface area contributed by atoms with Gasteiger partial charge in [-0.3, -0.25) is 14.6 Å². The number of carbonyl (C=O) groups is 1.